The van der Waals surface area contributed by atoms with Crippen LogP contribution in [0.3, 0.4) is 0 Å². The Kier molecular flexibility index (Phi) is 2.83. The summed E-state index contributed by atoms with van der Waals surface area (Å²) in [4.78, 5) is 0. The normalized spacial score (nSPS) is 25.1. The monoisotopic (exact) mass is 273 g/mol. The largest absolute Gasteiger partial charge is 0.394 e. The quantitative estimate of drug-likeness (QED) is 0.823. The van der Waals surface area contributed by atoms with E-state index in [4.69, 9.17) is 5.73 Å². The first kappa shape index (κ1) is 11.0. The minimum Gasteiger partial charge on any atom is -0.394 e. The number of hydrogen-bond donors (Lipinski definition) is 2. The lowest BCUT2D eigenvalue weighted by Gasteiger charge is -2.34. The van der Waals surface area contributed by atoms with Crippen LogP contribution in [-0.4, -0.2) is 11.7 Å². The number of halogens is 2. The van der Waals surface area contributed by atoms with E-state index in [1.54, 1.807) is 12.1 Å². The molecule has 0 radical (unpaired) electrons. The third-order valence-corrected chi connectivity index (χ3v) is 3.68. The summed E-state index contributed by atoms with van der Waals surface area (Å²) in [5, 5.41) is 9.30. The van der Waals surface area contributed by atoms with Gasteiger partial charge in [-0.3, -0.25) is 0 Å². The van der Waals surface area contributed by atoms with Crippen molar-refractivity contribution in [2.45, 2.75) is 24.8 Å². The van der Waals surface area contributed by atoms with E-state index in [0.29, 0.717) is 22.9 Å². The molecule has 1 atom stereocenters. The zero-order chi connectivity index (χ0) is 11.1. The smallest absolute Gasteiger partial charge is 0.140 e. The van der Waals surface area contributed by atoms with Crippen LogP contribution in [0.1, 0.15) is 24.0 Å². The average molecular weight is 274 g/mol. The summed E-state index contributed by atoms with van der Waals surface area (Å²) in [6, 6.07) is 3.45. The van der Waals surface area contributed by atoms with Crippen LogP contribution >= 0.6 is 15.9 Å². The van der Waals surface area contributed by atoms with Gasteiger partial charge in [0, 0.05) is 0 Å². The molecule has 0 saturated carbocycles. The Morgan fingerprint density at radius 1 is 1.53 bits per heavy atom. The second kappa shape index (κ2) is 3.85. The van der Waals surface area contributed by atoms with Gasteiger partial charge >= 0.3 is 0 Å². The van der Waals surface area contributed by atoms with Crippen LogP contribution in [0.15, 0.2) is 16.6 Å². The summed E-state index contributed by atoms with van der Waals surface area (Å²) in [5.74, 6) is -0.240. The van der Waals surface area contributed by atoms with E-state index in [2.05, 4.69) is 15.9 Å². The van der Waals surface area contributed by atoms with Crippen LogP contribution in [0, 0.1) is 5.82 Å². The summed E-state index contributed by atoms with van der Waals surface area (Å²) in [6.45, 7) is -0.138. The summed E-state index contributed by atoms with van der Waals surface area (Å²) < 4.78 is 14.2. The van der Waals surface area contributed by atoms with Gasteiger partial charge in [-0.2, -0.15) is 0 Å². The van der Waals surface area contributed by atoms with Gasteiger partial charge in [0.05, 0.1) is 16.6 Å². The highest BCUT2D eigenvalue weighted by molar-refractivity contribution is 9.10. The van der Waals surface area contributed by atoms with Crippen molar-refractivity contribution in [1.29, 1.82) is 0 Å². The second-order valence-electron chi connectivity index (χ2n) is 4.06. The van der Waals surface area contributed by atoms with E-state index in [1.165, 1.54) is 0 Å². The van der Waals surface area contributed by atoms with Crippen molar-refractivity contribution in [3.63, 3.8) is 0 Å². The molecular formula is C11H13BrFNO. The minimum atomic E-state index is -0.769. The number of benzene rings is 1. The van der Waals surface area contributed by atoms with Crippen molar-refractivity contribution >= 4 is 15.9 Å². The lowest BCUT2D eigenvalue weighted by atomic mass is 9.77. The molecule has 82 valence electrons. The first-order valence-electron chi connectivity index (χ1n) is 4.95. The molecule has 0 bridgehead atoms. The fourth-order valence-corrected chi connectivity index (χ4v) is 2.55. The van der Waals surface area contributed by atoms with Crippen LogP contribution in [0.25, 0.3) is 0 Å². The Morgan fingerprint density at radius 2 is 2.27 bits per heavy atom. The van der Waals surface area contributed by atoms with E-state index in [9.17, 15) is 9.50 Å². The number of nitrogens with two attached hydrogens (primary N) is 1. The molecule has 4 heteroatoms. The summed E-state index contributed by atoms with van der Waals surface area (Å²) in [7, 11) is 0. The van der Waals surface area contributed by atoms with Crippen LogP contribution in [0.5, 0.6) is 0 Å². The van der Waals surface area contributed by atoms with Gasteiger partial charge in [-0.05, 0) is 52.4 Å². The number of aliphatic hydroxyl groups excluding tert-OH is 1. The maximum atomic E-state index is 13.8. The van der Waals surface area contributed by atoms with Crippen LogP contribution in [-0.2, 0) is 12.0 Å². The number of rotatable bonds is 1. The number of hydrogen-bond acceptors (Lipinski definition) is 2. The molecule has 2 rings (SSSR count). The molecule has 0 amide bonds. The fourth-order valence-electron chi connectivity index (χ4n) is 2.18. The molecule has 15 heavy (non-hydrogen) atoms. The van der Waals surface area contributed by atoms with Gasteiger partial charge in [-0.1, -0.05) is 6.07 Å². The highest BCUT2D eigenvalue weighted by Crippen LogP contribution is 2.36. The van der Waals surface area contributed by atoms with E-state index in [1.807, 2.05) is 0 Å². The molecule has 0 spiro atoms. The van der Waals surface area contributed by atoms with E-state index < -0.39 is 5.54 Å². The Balaban J connectivity index is 2.59. The molecule has 0 aliphatic heterocycles. The summed E-state index contributed by atoms with van der Waals surface area (Å²) >= 11 is 3.16. The fraction of sp³-hybridized carbons (Fsp3) is 0.455. The standard InChI is InChI=1S/C11H13BrFNO/c12-9-4-3-8-7(10(9)13)2-1-5-11(8,14)6-15/h3-4,15H,1-2,5-6,14H2. The SMILES string of the molecule is NC1(CO)CCCc2c1ccc(Br)c2F. The zero-order valence-electron chi connectivity index (χ0n) is 8.26. The summed E-state index contributed by atoms with van der Waals surface area (Å²) in [6.07, 6.45) is 2.22. The Hall–Kier alpha value is -0.450. The highest BCUT2D eigenvalue weighted by atomic mass is 79.9. The van der Waals surface area contributed by atoms with Gasteiger partial charge in [0.1, 0.15) is 5.82 Å². The van der Waals surface area contributed by atoms with Crippen molar-refractivity contribution in [3.05, 3.63) is 33.5 Å². The lowest BCUT2D eigenvalue weighted by molar-refractivity contribution is 0.178. The first-order chi connectivity index (χ1) is 7.08. The third kappa shape index (κ3) is 1.71. The minimum absolute atomic E-state index is 0.138. The van der Waals surface area contributed by atoms with Gasteiger partial charge in [-0.25, -0.2) is 4.39 Å². The molecule has 0 saturated heterocycles. The van der Waals surface area contributed by atoms with Gasteiger partial charge in [0.25, 0.3) is 0 Å². The van der Waals surface area contributed by atoms with E-state index >= 15 is 0 Å². The number of aliphatic hydroxyl groups is 1. The van der Waals surface area contributed by atoms with Crippen LogP contribution in [0.2, 0.25) is 0 Å². The maximum Gasteiger partial charge on any atom is 0.140 e. The first-order valence-corrected chi connectivity index (χ1v) is 5.75. The molecule has 1 unspecified atom stereocenters. The molecule has 3 N–H and O–H groups in total. The van der Waals surface area contributed by atoms with Crippen molar-refractivity contribution in [2.75, 3.05) is 6.61 Å². The maximum absolute atomic E-state index is 13.8. The van der Waals surface area contributed by atoms with Crippen molar-refractivity contribution in [3.8, 4) is 0 Å². The van der Waals surface area contributed by atoms with Gasteiger partial charge in [-0.15, -0.1) is 0 Å². The molecule has 0 heterocycles. The molecule has 1 aromatic rings. The Labute approximate surface area is 96.4 Å². The van der Waals surface area contributed by atoms with Crippen molar-refractivity contribution in [2.24, 2.45) is 5.73 Å². The molecule has 2 nitrogen and oxygen atoms in total. The highest BCUT2D eigenvalue weighted by Gasteiger charge is 2.33. The molecule has 0 fully saturated rings. The Bertz CT molecular complexity index is 396. The molecule has 1 aliphatic rings. The zero-order valence-corrected chi connectivity index (χ0v) is 9.85. The van der Waals surface area contributed by atoms with Gasteiger partial charge in [0.2, 0.25) is 0 Å². The van der Waals surface area contributed by atoms with Crippen molar-refractivity contribution < 1.29 is 9.50 Å². The summed E-state index contributed by atoms with van der Waals surface area (Å²) in [5.41, 5.74) is 6.68. The number of fused-ring (bicyclic) bond motifs is 1. The van der Waals surface area contributed by atoms with E-state index in [-0.39, 0.29) is 12.4 Å². The van der Waals surface area contributed by atoms with Crippen molar-refractivity contribution in [1.82, 2.24) is 0 Å². The molecule has 1 aromatic carbocycles. The third-order valence-electron chi connectivity index (χ3n) is 3.06. The average Bonchev–Trinajstić information content (AvgIpc) is 2.24. The van der Waals surface area contributed by atoms with Crippen LogP contribution in [0.4, 0.5) is 4.39 Å². The van der Waals surface area contributed by atoms with Gasteiger partial charge in [0.15, 0.2) is 0 Å². The van der Waals surface area contributed by atoms with Gasteiger partial charge < -0.3 is 10.8 Å². The topological polar surface area (TPSA) is 46.2 Å². The molecular weight excluding hydrogens is 261 g/mol. The van der Waals surface area contributed by atoms with E-state index in [0.717, 1.165) is 12.0 Å². The predicted octanol–water partition coefficient (Wildman–Crippen LogP) is 2.07. The predicted molar refractivity (Wildman–Crippen MR) is 60.0 cm³/mol. The molecule has 1 aliphatic carbocycles. The molecule has 0 aromatic heterocycles. The van der Waals surface area contributed by atoms with Crippen LogP contribution < -0.4 is 5.73 Å². The lowest BCUT2D eigenvalue weighted by Crippen LogP contribution is -2.43. The Morgan fingerprint density at radius 3 is 2.93 bits per heavy atom. The second-order valence-corrected chi connectivity index (χ2v) is 4.91.